The van der Waals surface area contributed by atoms with Crippen molar-refractivity contribution in [2.75, 3.05) is 19.6 Å². The van der Waals surface area contributed by atoms with Gasteiger partial charge in [0.25, 0.3) is 5.91 Å². The van der Waals surface area contributed by atoms with Crippen molar-refractivity contribution in [3.63, 3.8) is 0 Å². The van der Waals surface area contributed by atoms with Gasteiger partial charge in [0.2, 0.25) is 11.8 Å². The summed E-state index contributed by atoms with van der Waals surface area (Å²) in [5.74, 6) is 0.300. The van der Waals surface area contributed by atoms with Crippen LogP contribution < -0.4 is 5.32 Å². The molecule has 1 unspecified atom stereocenters. The molecule has 6 nitrogen and oxygen atoms in total. The first-order valence-electron chi connectivity index (χ1n) is 10.8. The van der Waals surface area contributed by atoms with Crippen molar-refractivity contribution in [2.45, 2.75) is 65.0 Å². The Morgan fingerprint density at radius 2 is 1.86 bits per heavy atom. The molecule has 2 saturated heterocycles. The maximum atomic E-state index is 13.2. The van der Waals surface area contributed by atoms with Gasteiger partial charge in [0.05, 0.1) is 0 Å². The summed E-state index contributed by atoms with van der Waals surface area (Å²) < 4.78 is 0. The molecule has 158 valence electrons. The van der Waals surface area contributed by atoms with Crippen molar-refractivity contribution in [3.05, 3.63) is 35.4 Å². The van der Waals surface area contributed by atoms with Crippen molar-refractivity contribution in [1.82, 2.24) is 15.1 Å². The van der Waals surface area contributed by atoms with Gasteiger partial charge in [-0.15, -0.1) is 0 Å². The van der Waals surface area contributed by atoms with E-state index in [1.54, 1.807) is 0 Å². The largest absolute Gasteiger partial charge is 0.342 e. The van der Waals surface area contributed by atoms with Gasteiger partial charge in [-0.05, 0) is 50.2 Å². The van der Waals surface area contributed by atoms with Crippen LogP contribution in [-0.2, 0) is 9.59 Å². The number of carbonyl (C=O) groups is 3. The van der Waals surface area contributed by atoms with E-state index in [0.29, 0.717) is 50.4 Å². The Morgan fingerprint density at radius 1 is 1.21 bits per heavy atom. The van der Waals surface area contributed by atoms with Crippen LogP contribution in [0.5, 0.6) is 0 Å². The average Bonchev–Trinajstić information content (AvgIpc) is 2.69. The number of nitrogens with zero attached hydrogens (tertiary/aromatic N) is 2. The van der Waals surface area contributed by atoms with E-state index in [9.17, 15) is 14.4 Å². The molecule has 1 aromatic carbocycles. The highest BCUT2D eigenvalue weighted by atomic mass is 16.2. The van der Waals surface area contributed by atoms with Crippen molar-refractivity contribution in [1.29, 1.82) is 0 Å². The van der Waals surface area contributed by atoms with Crippen molar-refractivity contribution < 1.29 is 14.4 Å². The minimum Gasteiger partial charge on any atom is -0.342 e. The number of benzene rings is 1. The first kappa shape index (κ1) is 21.3. The molecular formula is C23H33N3O3. The number of carbonyl (C=O) groups excluding carboxylic acids is 3. The van der Waals surface area contributed by atoms with E-state index in [0.717, 1.165) is 12.0 Å². The molecule has 1 spiro atoms. The van der Waals surface area contributed by atoms with Crippen LogP contribution >= 0.6 is 0 Å². The second kappa shape index (κ2) is 8.56. The summed E-state index contributed by atoms with van der Waals surface area (Å²) in [6.45, 7) is 9.61. The van der Waals surface area contributed by atoms with E-state index in [2.05, 4.69) is 19.2 Å². The molecule has 2 fully saturated rings. The van der Waals surface area contributed by atoms with Gasteiger partial charge in [0.15, 0.2) is 0 Å². The molecule has 2 aliphatic heterocycles. The molecule has 0 saturated carbocycles. The number of piperazine rings is 1. The lowest BCUT2D eigenvalue weighted by molar-refractivity contribution is -0.161. The van der Waals surface area contributed by atoms with Gasteiger partial charge < -0.3 is 15.1 Å². The Balaban J connectivity index is 1.78. The summed E-state index contributed by atoms with van der Waals surface area (Å²) in [4.78, 5) is 43.0. The lowest BCUT2D eigenvalue weighted by Gasteiger charge is -2.51. The van der Waals surface area contributed by atoms with Gasteiger partial charge in [-0.25, -0.2) is 0 Å². The molecule has 0 radical (unpaired) electrons. The molecule has 29 heavy (non-hydrogen) atoms. The lowest BCUT2D eigenvalue weighted by Crippen LogP contribution is -2.73. The van der Waals surface area contributed by atoms with Gasteiger partial charge in [-0.1, -0.05) is 39.0 Å². The Labute approximate surface area is 173 Å². The van der Waals surface area contributed by atoms with E-state index in [-0.39, 0.29) is 17.7 Å². The molecule has 1 atom stereocenters. The number of likely N-dealkylation sites (tertiary alicyclic amines) is 1. The molecule has 0 bridgehead atoms. The summed E-state index contributed by atoms with van der Waals surface area (Å²) in [6.07, 6.45) is 2.42. The summed E-state index contributed by atoms with van der Waals surface area (Å²) in [7, 11) is 0. The third kappa shape index (κ3) is 4.02. The predicted molar refractivity (Wildman–Crippen MR) is 112 cm³/mol. The molecule has 0 aliphatic carbocycles. The number of hydrogen-bond acceptors (Lipinski definition) is 3. The standard InChI is InChI=1S/C23H33N3O3/c1-5-12-26-21(28)19(15-16(2)3)24-22(29)23(26)10-13-25(14-11-23)20(27)18-9-7-6-8-17(18)4/h6-9,16,19H,5,10-15H2,1-4H3,(H,24,29). The molecule has 0 aromatic heterocycles. The maximum absolute atomic E-state index is 13.2. The number of amides is 3. The van der Waals surface area contributed by atoms with Crippen LogP contribution in [0.1, 0.15) is 62.4 Å². The Bertz CT molecular complexity index is 781. The Morgan fingerprint density at radius 3 is 2.45 bits per heavy atom. The van der Waals surface area contributed by atoms with E-state index in [1.807, 2.05) is 47.9 Å². The van der Waals surface area contributed by atoms with Crippen LogP contribution in [0, 0.1) is 12.8 Å². The van der Waals surface area contributed by atoms with Gasteiger partial charge >= 0.3 is 0 Å². The lowest BCUT2D eigenvalue weighted by atomic mass is 9.80. The second-order valence-corrected chi connectivity index (χ2v) is 8.78. The number of aryl methyl sites for hydroxylation is 1. The number of hydrogen-bond donors (Lipinski definition) is 1. The van der Waals surface area contributed by atoms with E-state index >= 15 is 0 Å². The topological polar surface area (TPSA) is 69.7 Å². The normalized spacial score (nSPS) is 21.6. The van der Waals surface area contributed by atoms with Crippen LogP contribution in [-0.4, -0.2) is 58.7 Å². The summed E-state index contributed by atoms with van der Waals surface area (Å²) in [5.41, 5.74) is 0.825. The number of rotatable bonds is 5. The number of nitrogens with one attached hydrogen (secondary N) is 1. The van der Waals surface area contributed by atoms with Crippen LogP contribution in [0.15, 0.2) is 24.3 Å². The molecule has 3 rings (SSSR count). The second-order valence-electron chi connectivity index (χ2n) is 8.78. The van der Waals surface area contributed by atoms with Gasteiger partial charge in [-0.2, -0.15) is 0 Å². The summed E-state index contributed by atoms with van der Waals surface area (Å²) in [5, 5.41) is 3.00. The SMILES string of the molecule is CCCN1C(=O)C(CC(C)C)NC(=O)C12CCN(C(=O)c1ccccc1C)CC2. The van der Waals surface area contributed by atoms with Gasteiger partial charge in [0, 0.05) is 25.2 Å². The maximum Gasteiger partial charge on any atom is 0.254 e. The van der Waals surface area contributed by atoms with E-state index in [4.69, 9.17) is 0 Å². The summed E-state index contributed by atoms with van der Waals surface area (Å²) >= 11 is 0. The Hall–Kier alpha value is -2.37. The zero-order valence-corrected chi connectivity index (χ0v) is 18.0. The highest BCUT2D eigenvalue weighted by molar-refractivity contribution is 6.00. The highest BCUT2D eigenvalue weighted by Gasteiger charge is 2.53. The molecule has 2 heterocycles. The fourth-order valence-electron chi connectivity index (χ4n) is 4.61. The first-order chi connectivity index (χ1) is 13.8. The van der Waals surface area contributed by atoms with Crippen LogP contribution in [0.4, 0.5) is 0 Å². The van der Waals surface area contributed by atoms with Crippen molar-refractivity contribution in [2.24, 2.45) is 5.92 Å². The first-order valence-corrected chi connectivity index (χ1v) is 10.8. The van der Waals surface area contributed by atoms with Crippen molar-refractivity contribution >= 4 is 17.7 Å². The number of piperidine rings is 1. The van der Waals surface area contributed by atoms with E-state index in [1.165, 1.54) is 0 Å². The Kier molecular flexibility index (Phi) is 6.30. The van der Waals surface area contributed by atoms with E-state index < -0.39 is 11.6 Å². The highest BCUT2D eigenvalue weighted by Crippen LogP contribution is 2.34. The zero-order chi connectivity index (χ0) is 21.2. The van der Waals surface area contributed by atoms with Gasteiger partial charge in [0.1, 0.15) is 11.6 Å². The molecule has 6 heteroatoms. The fraction of sp³-hybridized carbons (Fsp3) is 0.609. The molecule has 3 amide bonds. The smallest absolute Gasteiger partial charge is 0.254 e. The quantitative estimate of drug-likeness (QED) is 0.828. The molecule has 1 N–H and O–H groups in total. The third-order valence-electron chi connectivity index (χ3n) is 6.22. The average molecular weight is 400 g/mol. The van der Waals surface area contributed by atoms with Gasteiger partial charge in [-0.3, -0.25) is 14.4 Å². The molecule has 1 aromatic rings. The van der Waals surface area contributed by atoms with Crippen LogP contribution in [0.25, 0.3) is 0 Å². The minimum atomic E-state index is -0.830. The third-order valence-corrected chi connectivity index (χ3v) is 6.22. The minimum absolute atomic E-state index is 0.000204. The molecular weight excluding hydrogens is 366 g/mol. The molecule has 2 aliphatic rings. The summed E-state index contributed by atoms with van der Waals surface area (Å²) in [6, 6.07) is 7.14. The predicted octanol–water partition coefficient (Wildman–Crippen LogP) is 2.75. The zero-order valence-electron chi connectivity index (χ0n) is 18.0. The fourth-order valence-corrected chi connectivity index (χ4v) is 4.61. The van der Waals surface area contributed by atoms with Crippen molar-refractivity contribution in [3.8, 4) is 0 Å². The monoisotopic (exact) mass is 399 g/mol. The van der Waals surface area contributed by atoms with Crippen LogP contribution in [0.2, 0.25) is 0 Å². The van der Waals surface area contributed by atoms with Crippen LogP contribution in [0.3, 0.4) is 0 Å².